The molecule has 7 heteroatoms. The SMILES string of the molecule is Cc1cccc(C(=O)c2c(NC(=O)[C@@H]3CCS(=O)(=O)C3)sc3c2CCCC3)c1. The lowest BCUT2D eigenvalue weighted by Crippen LogP contribution is -2.24. The molecule has 0 spiro atoms. The van der Waals surface area contributed by atoms with E-state index in [2.05, 4.69) is 5.32 Å². The van der Waals surface area contributed by atoms with Crippen LogP contribution in [0.3, 0.4) is 0 Å². The Morgan fingerprint density at radius 1 is 1.18 bits per heavy atom. The van der Waals surface area contributed by atoms with Crippen LogP contribution in [-0.4, -0.2) is 31.6 Å². The summed E-state index contributed by atoms with van der Waals surface area (Å²) in [7, 11) is -3.13. The third-order valence-electron chi connectivity index (χ3n) is 5.52. The van der Waals surface area contributed by atoms with Crippen LogP contribution in [0.4, 0.5) is 5.00 Å². The van der Waals surface area contributed by atoms with Crippen molar-refractivity contribution >= 4 is 37.9 Å². The first-order valence-corrected chi connectivity index (χ1v) is 12.2. The Bertz CT molecular complexity index is 1050. The molecule has 2 aromatic rings. The number of thiophene rings is 1. The highest BCUT2D eigenvalue weighted by atomic mass is 32.2. The summed E-state index contributed by atoms with van der Waals surface area (Å²) in [6, 6.07) is 7.48. The second kappa shape index (κ2) is 7.44. The molecule has 0 bridgehead atoms. The number of amides is 1. The molecule has 148 valence electrons. The second-order valence-corrected chi connectivity index (χ2v) is 11.0. The monoisotopic (exact) mass is 417 g/mol. The summed E-state index contributed by atoms with van der Waals surface area (Å²) in [4.78, 5) is 27.2. The molecule has 1 N–H and O–H groups in total. The molecule has 1 aromatic heterocycles. The molecule has 1 saturated heterocycles. The molecule has 1 aromatic carbocycles. The second-order valence-electron chi connectivity index (χ2n) is 7.70. The number of anilines is 1. The van der Waals surface area contributed by atoms with Crippen molar-refractivity contribution in [1.29, 1.82) is 0 Å². The van der Waals surface area contributed by atoms with Gasteiger partial charge < -0.3 is 5.32 Å². The van der Waals surface area contributed by atoms with Crippen molar-refractivity contribution in [3.8, 4) is 0 Å². The predicted octanol–water partition coefficient (Wildman–Crippen LogP) is 3.54. The summed E-state index contributed by atoms with van der Waals surface area (Å²) < 4.78 is 23.4. The van der Waals surface area contributed by atoms with Crippen LogP contribution in [0.25, 0.3) is 0 Å². The Hall–Kier alpha value is -1.99. The molecule has 2 heterocycles. The first kappa shape index (κ1) is 19.3. The van der Waals surface area contributed by atoms with Crippen LogP contribution in [0.1, 0.15) is 51.2 Å². The fraction of sp³-hybridized carbons (Fsp3) is 0.429. The van der Waals surface area contributed by atoms with Crippen molar-refractivity contribution in [1.82, 2.24) is 0 Å². The van der Waals surface area contributed by atoms with Gasteiger partial charge in [0.25, 0.3) is 0 Å². The van der Waals surface area contributed by atoms with Gasteiger partial charge in [-0.25, -0.2) is 8.42 Å². The number of carbonyl (C=O) groups excluding carboxylic acids is 2. The zero-order valence-corrected chi connectivity index (χ0v) is 17.4. The number of sulfone groups is 1. The van der Waals surface area contributed by atoms with E-state index in [9.17, 15) is 18.0 Å². The fourth-order valence-corrected chi connectivity index (χ4v) is 7.07. The molecule has 28 heavy (non-hydrogen) atoms. The lowest BCUT2D eigenvalue weighted by atomic mass is 9.91. The molecule has 1 aliphatic heterocycles. The van der Waals surface area contributed by atoms with Crippen LogP contribution in [0.2, 0.25) is 0 Å². The van der Waals surface area contributed by atoms with E-state index >= 15 is 0 Å². The molecule has 1 atom stereocenters. The molecule has 1 aliphatic carbocycles. The van der Waals surface area contributed by atoms with Crippen molar-refractivity contribution in [3.63, 3.8) is 0 Å². The van der Waals surface area contributed by atoms with Gasteiger partial charge in [-0.1, -0.05) is 23.8 Å². The van der Waals surface area contributed by atoms with Gasteiger partial charge in [0.2, 0.25) is 5.91 Å². The van der Waals surface area contributed by atoms with Gasteiger partial charge >= 0.3 is 0 Å². The summed E-state index contributed by atoms with van der Waals surface area (Å²) in [5.41, 5.74) is 3.28. The Morgan fingerprint density at radius 2 is 1.96 bits per heavy atom. The molecular weight excluding hydrogens is 394 g/mol. The molecule has 0 saturated carbocycles. The van der Waals surface area contributed by atoms with Gasteiger partial charge in [-0.15, -0.1) is 11.3 Å². The highest BCUT2D eigenvalue weighted by Gasteiger charge is 2.34. The highest BCUT2D eigenvalue weighted by Crippen LogP contribution is 2.40. The van der Waals surface area contributed by atoms with Crippen molar-refractivity contribution in [2.75, 3.05) is 16.8 Å². The van der Waals surface area contributed by atoms with Crippen LogP contribution in [0, 0.1) is 12.8 Å². The first-order chi connectivity index (χ1) is 13.3. The molecule has 5 nitrogen and oxygen atoms in total. The minimum absolute atomic E-state index is 0.0567. The third kappa shape index (κ3) is 3.78. The predicted molar refractivity (Wildman–Crippen MR) is 111 cm³/mol. The summed E-state index contributed by atoms with van der Waals surface area (Å²) >= 11 is 1.47. The molecule has 1 amide bonds. The normalized spacial score (nSPS) is 20.5. The van der Waals surface area contributed by atoms with Crippen LogP contribution in [-0.2, 0) is 27.5 Å². The lowest BCUT2D eigenvalue weighted by molar-refractivity contribution is -0.119. The molecule has 4 rings (SSSR count). The van der Waals surface area contributed by atoms with Crippen LogP contribution >= 0.6 is 11.3 Å². The van der Waals surface area contributed by atoms with E-state index in [1.807, 2.05) is 25.1 Å². The molecule has 1 fully saturated rings. The van der Waals surface area contributed by atoms with Crippen LogP contribution in [0.15, 0.2) is 24.3 Å². The van der Waals surface area contributed by atoms with Gasteiger partial charge in [0, 0.05) is 10.4 Å². The average Bonchev–Trinajstić information content (AvgIpc) is 3.20. The average molecular weight is 418 g/mol. The Labute approximate surface area is 169 Å². The van der Waals surface area contributed by atoms with Gasteiger partial charge in [0.05, 0.1) is 23.0 Å². The fourth-order valence-electron chi connectivity index (χ4n) is 4.04. The first-order valence-electron chi connectivity index (χ1n) is 9.61. The minimum atomic E-state index is -3.13. The third-order valence-corrected chi connectivity index (χ3v) is 8.49. The van der Waals surface area contributed by atoms with Gasteiger partial charge in [0.15, 0.2) is 15.6 Å². The highest BCUT2D eigenvalue weighted by molar-refractivity contribution is 7.91. The maximum Gasteiger partial charge on any atom is 0.229 e. The van der Waals surface area contributed by atoms with Gasteiger partial charge in [-0.05, 0) is 50.7 Å². The number of aryl methyl sites for hydroxylation is 2. The van der Waals surface area contributed by atoms with Gasteiger partial charge in [-0.2, -0.15) is 0 Å². The number of carbonyl (C=O) groups is 2. The zero-order valence-electron chi connectivity index (χ0n) is 15.8. The van der Waals surface area contributed by atoms with E-state index in [1.54, 1.807) is 6.07 Å². The number of nitrogens with one attached hydrogen (secondary N) is 1. The topological polar surface area (TPSA) is 80.3 Å². The number of rotatable bonds is 4. The zero-order chi connectivity index (χ0) is 19.9. The maximum atomic E-state index is 13.3. The number of hydrogen-bond acceptors (Lipinski definition) is 5. The van der Waals surface area contributed by atoms with E-state index in [1.165, 1.54) is 11.3 Å². The smallest absolute Gasteiger partial charge is 0.229 e. The Balaban J connectivity index is 1.68. The molecule has 0 unspecified atom stereocenters. The summed E-state index contributed by atoms with van der Waals surface area (Å²) in [5, 5.41) is 3.48. The summed E-state index contributed by atoms with van der Waals surface area (Å²) in [6.07, 6.45) is 4.22. The van der Waals surface area contributed by atoms with Crippen LogP contribution < -0.4 is 5.32 Å². The molecule has 0 radical (unpaired) electrons. The minimum Gasteiger partial charge on any atom is -0.317 e. The van der Waals surface area contributed by atoms with Gasteiger partial charge in [0.1, 0.15) is 5.00 Å². The quantitative estimate of drug-likeness (QED) is 0.772. The number of benzene rings is 1. The van der Waals surface area contributed by atoms with E-state index in [0.29, 0.717) is 22.5 Å². The lowest BCUT2D eigenvalue weighted by Gasteiger charge is -2.13. The Kier molecular flexibility index (Phi) is 5.14. The number of hydrogen-bond donors (Lipinski definition) is 1. The number of fused-ring (bicyclic) bond motifs is 1. The van der Waals surface area contributed by atoms with E-state index in [-0.39, 0.29) is 23.2 Å². The summed E-state index contributed by atoms with van der Waals surface area (Å²) in [5.74, 6) is -0.951. The van der Waals surface area contributed by atoms with Crippen LogP contribution in [0.5, 0.6) is 0 Å². The van der Waals surface area contributed by atoms with Crippen molar-refractivity contribution < 1.29 is 18.0 Å². The maximum absolute atomic E-state index is 13.3. The van der Waals surface area contributed by atoms with Crippen molar-refractivity contribution in [3.05, 3.63) is 51.4 Å². The van der Waals surface area contributed by atoms with E-state index in [0.717, 1.165) is 41.7 Å². The van der Waals surface area contributed by atoms with E-state index in [4.69, 9.17) is 0 Å². The van der Waals surface area contributed by atoms with E-state index < -0.39 is 15.8 Å². The Morgan fingerprint density at radius 3 is 2.68 bits per heavy atom. The molecular formula is C21H23NO4S2. The summed E-state index contributed by atoms with van der Waals surface area (Å²) in [6.45, 7) is 1.95. The number of ketones is 1. The van der Waals surface area contributed by atoms with Gasteiger partial charge in [-0.3, -0.25) is 9.59 Å². The largest absolute Gasteiger partial charge is 0.317 e. The standard InChI is InChI=1S/C21H23NO4S2/c1-13-5-4-6-14(11-13)19(23)18-16-7-2-3-8-17(16)27-21(18)22-20(24)15-9-10-28(25,26)12-15/h4-6,11,15H,2-3,7-10,12H2,1H3,(H,22,24)/t15-/m1/s1. The molecule has 2 aliphatic rings. The van der Waals surface area contributed by atoms with Crippen molar-refractivity contribution in [2.24, 2.45) is 5.92 Å². The van der Waals surface area contributed by atoms with Crippen molar-refractivity contribution in [2.45, 2.75) is 39.0 Å².